The van der Waals surface area contributed by atoms with E-state index >= 15 is 0 Å². The summed E-state index contributed by atoms with van der Waals surface area (Å²) in [6.07, 6.45) is 4.00. The SMILES string of the molecule is CC(=O)Nc1ccc([As](=O)(O)OO)cc1.CC1(C)CCCC(C)(C)N1.N.O. The van der Waals surface area contributed by atoms with Gasteiger partial charge in [0.2, 0.25) is 0 Å². The zero-order chi connectivity index (χ0) is 19.3. The molecule has 1 atom stereocenters. The summed E-state index contributed by atoms with van der Waals surface area (Å²) in [5.41, 5.74) is 1.23. The van der Waals surface area contributed by atoms with Gasteiger partial charge in [-0.05, 0) is 47.0 Å². The number of hydrogen-bond acceptors (Lipinski definition) is 6. The summed E-state index contributed by atoms with van der Waals surface area (Å²) in [5, 5.41) is 14.3. The molecule has 1 amide bonds. The van der Waals surface area contributed by atoms with Crippen LogP contribution < -0.4 is 21.1 Å². The summed E-state index contributed by atoms with van der Waals surface area (Å²) in [7, 11) is 0. The number of anilines is 1. The smallest absolute Gasteiger partial charge is 0.0130 e. The van der Waals surface area contributed by atoms with Gasteiger partial charge in [0, 0.05) is 11.1 Å². The van der Waals surface area contributed by atoms with Gasteiger partial charge in [-0.15, -0.1) is 0 Å². The minimum absolute atomic E-state index is 0. The van der Waals surface area contributed by atoms with Crippen LogP contribution in [0.3, 0.4) is 0 Å². The molecule has 1 aliphatic rings. The number of piperidine rings is 1. The summed E-state index contributed by atoms with van der Waals surface area (Å²) in [6.45, 7) is 10.5. The molecule has 1 aromatic carbocycles. The summed E-state index contributed by atoms with van der Waals surface area (Å²) in [5.74, 6) is -0.237. The Balaban J connectivity index is 0. The number of nitrogens with one attached hydrogen (secondary N) is 2. The van der Waals surface area contributed by atoms with Crippen LogP contribution in [-0.4, -0.2) is 46.0 Å². The van der Waals surface area contributed by atoms with Crippen molar-refractivity contribution in [2.75, 3.05) is 5.32 Å². The van der Waals surface area contributed by atoms with Gasteiger partial charge in [-0.1, -0.05) is 0 Å². The fourth-order valence-corrected chi connectivity index (χ4v) is 4.30. The number of rotatable bonds is 3. The maximum absolute atomic E-state index is 11.2. The van der Waals surface area contributed by atoms with Gasteiger partial charge in [0.25, 0.3) is 0 Å². The minimum atomic E-state index is -4.76. The predicted octanol–water partition coefficient (Wildman–Crippen LogP) is 1.36. The van der Waals surface area contributed by atoms with Crippen LogP contribution in [0.5, 0.6) is 0 Å². The first-order valence-corrected chi connectivity index (χ1v) is 11.5. The molecule has 158 valence electrons. The van der Waals surface area contributed by atoms with Crippen molar-refractivity contribution >= 4 is 30.1 Å². The first kappa shape index (κ1) is 28.0. The van der Waals surface area contributed by atoms with E-state index in [9.17, 15) is 8.53 Å². The standard InChI is InChI=1S/C9H19N.C8H10AsNO5.H3N.H2O/c1-8(2)6-5-7-9(3,4)10-8;1-6(11)10-8-4-2-7(3-5-8)9(12,13)15-14;;/h10H,5-7H2,1-4H3;2-5,14H,1H3,(H,10,11)(H,12,13);1H3;1H2. The molecule has 1 aromatic rings. The molecule has 10 heteroatoms. The Labute approximate surface area is 163 Å². The van der Waals surface area contributed by atoms with E-state index in [4.69, 9.17) is 9.35 Å². The van der Waals surface area contributed by atoms with E-state index in [0.29, 0.717) is 16.8 Å². The summed E-state index contributed by atoms with van der Waals surface area (Å²) < 4.78 is 23.8. The Kier molecular flexibility index (Phi) is 11.4. The third-order valence-corrected chi connectivity index (χ3v) is 6.36. The summed E-state index contributed by atoms with van der Waals surface area (Å²) in [4.78, 5) is 10.7. The molecule has 1 aliphatic heterocycles. The van der Waals surface area contributed by atoms with E-state index in [2.05, 4.69) is 42.2 Å². The Morgan fingerprint density at radius 3 is 1.89 bits per heavy atom. The quantitative estimate of drug-likeness (QED) is 0.262. The Morgan fingerprint density at radius 2 is 1.59 bits per heavy atom. The zero-order valence-corrected chi connectivity index (χ0v) is 18.6. The van der Waals surface area contributed by atoms with Crippen LogP contribution in [-0.2, 0) is 12.4 Å². The Bertz CT molecular complexity index is 620. The normalized spacial score (nSPS) is 19.1. The van der Waals surface area contributed by atoms with Crippen molar-refractivity contribution in [2.24, 2.45) is 0 Å². The first-order valence-electron chi connectivity index (χ1n) is 8.20. The topological polar surface area (TPSA) is 174 Å². The summed E-state index contributed by atoms with van der Waals surface area (Å²) >= 11 is -4.76. The van der Waals surface area contributed by atoms with Crippen molar-refractivity contribution in [1.29, 1.82) is 0 Å². The number of carbonyl (C=O) groups is 1. The molecule has 0 aromatic heterocycles. The minimum Gasteiger partial charge on any atom is -0.412 e. The van der Waals surface area contributed by atoms with Crippen molar-refractivity contribution in [3.63, 3.8) is 0 Å². The van der Waals surface area contributed by atoms with Crippen molar-refractivity contribution in [2.45, 2.75) is 65.0 Å². The number of benzene rings is 1. The predicted molar refractivity (Wildman–Crippen MR) is 107 cm³/mol. The van der Waals surface area contributed by atoms with Crippen LogP contribution in [0.15, 0.2) is 24.3 Å². The van der Waals surface area contributed by atoms with E-state index in [1.807, 2.05) is 0 Å². The maximum Gasteiger partial charge on any atom is 0.0130 e. The molecule has 9 nitrogen and oxygen atoms in total. The average molecular weight is 451 g/mol. The second-order valence-corrected chi connectivity index (χ2v) is 11.2. The molecular weight excluding hydrogens is 417 g/mol. The number of hydrogen-bond donors (Lipinski definition) is 5. The molecule has 2 rings (SSSR count). The van der Waals surface area contributed by atoms with E-state index in [1.54, 1.807) is 0 Å². The second kappa shape index (κ2) is 11.0. The third-order valence-electron chi connectivity index (χ3n) is 3.90. The van der Waals surface area contributed by atoms with Crippen LogP contribution in [0.25, 0.3) is 0 Å². The molecule has 1 heterocycles. The molecule has 27 heavy (non-hydrogen) atoms. The van der Waals surface area contributed by atoms with Gasteiger partial charge in [0.1, 0.15) is 0 Å². The monoisotopic (exact) mass is 451 g/mol. The number of carbonyl (C=O) groups excluding carboxylic acids is 1. The van der Waals surface area contributed by atoms with Gasteiger partial charge in [-0.25, -0.2) is 0 Å². The van der Waals surface area contributed by atoms with Gasteiger partial charge in [0.05, 0.1) is 0 Å². The van der Waals surface area contributed by atoms with Gasteiger partial charge < -0.3 is 16.9 Å². The van der Waals surface area contributed by atoms with Crippen molar-refractivity contribution in [3.05, 3.63) is 24.3 Å². The first-order chi connectivity index (χ1) is 11.4. The van der Waals surface area contributed by atoms with Gasteiger partial charge in [-0.2, -0.15) is 0 Å². The van der Waals surface area contributed by atoms with E-state index < -0.39 is 14.2 Å². The van der Waals surface area contributed by atoms with Crippen molar-refractivity contribution < 1.29 is 27.2 Å². The molecular formula is C17H34AsN3O6. The van der Waals surface area contributed by atoms with Crippen LogP contribution >= 0.6 is 0 Å². The molecule has 0 spiro atoms. The molecule has 1 saturated heterocycles. The van der Waals surface area contributed by atoms with Crippen LogP contribution in [0, 0.1) is 0 Å². The van der Waals surface area contributed by atoms with Crippen molar-refractivity contribution in [3.8, 4) is 0 Å². The van der Waals surface area contributed by atoms with Crippen molar-refractivity contribution in [1.82, 2.24) is 11.5 Å². The molecule has 0 bridgehead atoms. The number of amides is 1. The van der Waals surface area contributed by atoms with Gasteiger partial charge >= 0.3 is 88.4 Å². The van der Waals surface area contributed by atoms with Gasteiger partial charge in [-0.3, -0.25) is 0 Å². The Hall–Kier alpha value is -1.19. The fraction of sp³-hybridized carbons (Fsp3) is 0.588. The van der Waals surface area contributed by atoms with Crippen LogP contribution in [0.1, 0.15) is 53.9 Å². The third kappa shape index (κ3) is 10.1. The molecule has 0 aliphatic carbocycles. The van der Waals surface area contributed by atoms with E-state index in [-0.39, 0.29) is 21.9 Å². The molecule has 9 N–H and O–H groups in total. The maximum atomic E-state index is 11.2. The molecule has 0 radical (unpaired) electrons. The van der Waals surface area contributed by atoms with Crippen LogP contribution in [0.2, 0.25) is 0 Å². The molecule has 1 unspecified atom stereocenters. The molecule has 0 saturated carbocycles. The zero-order valence-electron chi connectivity index (χ0n) is 16.7. The van der Waals surface area contributed by atoms with E-state index in [1.165, 1.54) is 50.5 Å². The fourth-order valence-electron chi connectivity index (χ4n) is 3.00. The second-order valence-electron chi connectivity index (χ2n) is 7.58. The molecule has 1 fully saturated rings. The van der Waals surface area contributed by atoms with Gasteiger partial charge in [0.15, 0.2) is 0 Å². The van der Waals surface area contributed by atoms with Crippen LogP contribution in [0.4, 0.5) is 5.69 Å². The van der Waals surface area contributed by atoms with E-state index in [0.717, 1.165) is 0 Å². The largest absolute Gasteiger partial charge is 0.412 e. The average Bonchev–Trinajstić information content (AvgIpc) is 2.45. The summed E-state index contributed by atoms with van der Waals surface area (Å²) in [6, 6.07) is 5.50. The Morgan fingerprint density at radius 1 is 1.15 bits per heavy atom.